The highest BCUT2D eigenvalue weighted by Crippen LogP contribution is 2.38. The standard InChI is InChI=1S/C21H30N2/c1-15(2)18-8-9-20(17-6-5-7-17)19(12-18)13-22-21-10-11-23(4)14-16(21)3/h8-9,12,17,22H,1,5-7,10-11,13-14H2,2-4H3. The quantitative estimate of drug-likeness (QED) is 0.849. The van der Waals surface area contributed by atoms with Crippen LogP contribution in [0.15, 0.2) is 36.0 Å². The maximum Gasteiger partial charge on any atom is 0.0400 e. The molecule has 1 fully saturated rings. The molecule has 0 unspecified atom stereocenters. The van der Waals surface area contributed by atoms with Crippen molar-refractivity contribution in [1.29, 1.82) is 0 Å². The summed E-state index contributed by atoms with van der Waals surface area (Å²) < 4.78 is 0. The zero-order chi connectivity index (χ0) is 16.4. The second kappa shape index (κ2) is 6.92. The molecule has 1 N–H and O–H groups in total. The molecule has 0 amide bonds. The Hall–Kier alpha value is -1.54. The van der Waals surface area contributed by atoms with E-state index in [0.29, 0.717) is 0 Å². The molecule has 1 aromatic rings. The summed E-state index contributed by atoms with van der Waals surface area (Å²) in [6.45, 7) is 11.7. The fourth-order valence-electron chi connectivity index (χ4n) is 3.68. The molecule has 1 aliphatic heterocycles. The summed E-state index contributed by atoms with van der Waals surface area (Å²) in [6, 6.07) is 6.95. The Morgan fingerprint density at radius 3 is 2.74 bits per heavy atom. The second-order valence-electron chi connectivity index (χ2n) is 7.42. The first-order valence-corrected chi connectivity index (χ1v) is 8.94. The van der Waals surface area contributed by atoms with Crippen LogP contribution < -0.4 is 5.32 Å². The lowest BCUT2D eigenvalue weighted by molar-refractivity contribution is 0.341. The lowest BCUT2D eigenvalue weighted by Gasteiger charge is -2.30. The minimum absolute atomic E-state index is 0.776. The van der Waals surface area contributed by atoms with Gasteiger partial charge in [0.1, 0.15) is 0 Å². The summed E-state index contributed by atoms with van der Waals surface area (Å²) in [5, 5.41) is 3.74. The fourth-order valence-corrected chi connectivity index (χ4v) is 3.68. The summed E-state index contributed by atoms with van der Waals surface area (Å²) in [6.07, 6.45) is 5.23. The van der Waals surface area contributed by atoms with Crippen molar-refractivity contribution >= 4 is 5.57 Å². The summed E-state index contributed by atoms with van der Waals surface area (Å²) >= 11 is 0. The lowest BCUT2D eigenvalue weighted by Crippen LogP contribution is -2.31. The van der Waals surface area contributed by atoms with Gasteiger partial charge in [0, 0.05) is 25.3 Å². The Kier molecular flexibility index (Phi) is 4.91. The van der Waals surface area contributed by atoms with E-state index in [1.807, 2.05) is 0 Å². The van der Waals surface area contributed by atoms with Gasteiger partial charge in [-0.1, -0.05) is 30.7 Å². The van der Waals surface area contributed by atoms with Gasteiger partial charge in [-0.3, -0.25) is 0 Å². The smallest absolute Gasteiger partial charge is 0.0400 e. The number of rotatable bonds is 5. The van der Waals surface area contributed by atoms with Crippen molar-refractivity contribution < 1.29 is 0 Å². The first kappa shape index (κ1) is 16.3. The summed E-state index contributed by atoms with van der Waals surface area (Å²) in [5.74, 6) is 0.776. The molecule has 1 aromatic carbocycles. The molecular weight excluding hydrogens is 280 g/mol. The van der Waals surface area contributed by atoms with Crippen LogP contribution in [-0.4, -0.2) is 25.0 Å². The third-order valence-corrected chi connectivity index (χ3v) is 5.44. The summed E-state index contributed by atoms with van der Waals surface area (Å²) in [7, 11) is 2.20. The van der Waals surface area contributed by atoms with Crippen molar-refractivity contribution in [3.8, 4) is 0 Å². The molecule has 0 saturated heterocycles. The van der Waals surface area contributed by atoms with Gasteiger partial charge in [0.05, 0.1) is 0 Å². The van der Waals surface area contributed by atoms with Crippen molar-refractivity contribution in [2.75, 3.05) is 20.1 Å². The van der Waals surface area contributed by atoms with Crippen LogP contribution in [-0.2, 0) is 6.54 Å². The number of nitrogens with one attached hydrogen (secondary N) is 1. The number of hydrogen-bond acceptors (Lipinski definition) is 2. The van der Waals surface area contributed by atoms with E-state index < -0.39 is 0 Å². The van der Waals surface area contributed by atoms with Crippen LogP contribution in [0, 0.1) is 0 Å². The van der Waals surface area contributed by atoms with E-state index in [2.05, 4.69) is 55.9 Å². The van der Waals surface area contributed by atoms with Gasteiger partial charge in [0.25, 0.3) is 0 Å². The molecule has 1 saturated carbocycles. The van der Waals surface area contributed by atoms with E-state index in [-0.39, 0.29) is 0 Å². The lowest BCUT2D eigenvalue weighted by atomic mass is 9.77. The first-order valence-electron chi connectivity index (χ1n) is 8.94. The van der Waals surface area contributed by atoms with Gasteiger partial charge < -0.3 is 10.2 Å². The molecule has 0 aromatic heterocycles. The SMILES string of the molecule is C=C(C)c1ccc(C2CCC2)c(CNC2=C(C)CN(C)CC2)c1. The van der Waals surface area contributed by atoms with E-state index in [9.17, 15) is 0 Å². The highest BCUT2D eigenvalue weighted by atomic mass is 15.1. The number of likely N-dealkylation sites (N-methyl/N-ethyl adjacent to an activating group) is 1. The van der Waals surface area contributed by atoms with E-state index in [4.69, 9.17) is 0 Å². The minimum Gasteiger partial charge on any atom is -0.384 e. The van der Waals surface area contributed by atoms with Gasteiger partial charge in [0.2, 0.25) is 0 Å². The predicted molar refractivity (Wildman–Crippen MR) is 99.4 cm³/mol. The van der Waals surface area contributed by atoms with Crippen LogP contribution in [0.25, 0.3) is 5.57 Å². The molecular formula is C21H30N2. The average Bonchev–Trinajstić information content (AvgIpc) is 2.45. The Morgan fingerprint density at radius 1 is 1.35 bits per heavy atom. The Morgan fingerprint density at radius 2 is 2.13 bits per heavy atom. The van der Waals surface area contributed by atoms with Crippen molar-refractivity contribution in [2.24, 2.45) is 0 Å². The van der Waals surface area contributed by atoms with Gasteiger partial charge in [0.15, 0.2) is 0 Å². The van der Waals surface area contributed by atoms with Crippen LogP contribution in [0.5, 0.6) is 0 Å². The molecule has 124 valence electrons. The molecule has 23 heavy (non-hydrogen) atoms. The molecule has 1 heterocycles. The Balaban J connectivity index is 1.78. The maximum atomic E-state index is 4.11. The molecule has 0 spiro atoms. The average molecular weight is 310 g/mol. The van der Waals surface area contributed by atoms with E-state index in [1.54, 1.807) is 5.56 Å². The summed E-state index contributed by atoms with van der Waals surface area (Å²) in [5.41, 5.74) is 8.39. The van der Waals surface area contributed by atoms with Crippen LogP contribution in [0.1, 0.15) is 62.1 Å². The molecule has 0 bridgehead atoms. The normalized spacial score (nSPS) is 19.6. The van der Waals surface area contributed by atoms with Gasteiger partial charge in [-0.25, -0.2) is 0 Å². The molecule has 1 aliphatic carbocycles. The van der Waals surface area contributed by atoms with Crippen molar-refractivity contribution in [3.05, 3.63) is 52.7 Å². The molecule has 2 nitrogen and oxygen atoms in total. The predicted octanol–water partition coefficient (Wildman–Crippen LogP) is 4.69. The van der Waals surface area contributed by atoms with Crippen LogP contribution in [0.2, 0.25) is 0 Å². The zero-order valence-electron chi connectivity index (χ0n) is 14.9. The third kappa shape index (κ3) is 3.69. The van der Waals surface area contributed by atoms with Gasteiger partial charge in [-0.05, 0) is 74.4 Å². The van der Waals surface area contributed by atoms with E-state index in [1.165, 1.54) is 41.7 Å². The number of benzene rings is 1. The van der Waals surface area contributed by atoms with Crippen LogP contribution in [0.3, 0.4) is 0 Å². The third-order valence-electron chi connectivity index (χ3n) is 5.44. The number of allylic oxidation sites excluding steroid dienone is 1. The Bertz CT molecular complexity index is 623. The highest BCUT2D eigenvalue weighted by Gasteiger charge is 2.22. The topological polar surface area (TPSA) is 15.3 Å². The number of hydrogen-bond donors (Lipinski definition) is 1. The first-order chi connectivity index (χ1) is 11.0. The minimum atomic E-state index is 0.776. The zero-order valence-corrected chi connectivity index (χ0v) is 14.9. The molecule has 3 rings (SSSR count). The van der Waals surface area contributed by atoms with Gasteiger partial charge in [-0.15, -0.1) is 0 Å². The van der Waals surface area contributed by atoms with Crippen molar-refractivity contribution in [1.82, 2.24) is 10.2 Å². The monoisotopic (exact) mass is 310 g/mol. The molecule has 0 atom stereocenters. The van der Waals surface area contributed by atoms with E-state index >= 15 is 0 Å². The fraction of sp³-hybridized carbons (Fsp3) is 0.524. The van der Waals surface area contributed by atoms with Crippen LogP contribution in [0.4, 0.5) is 0 Å². The van der Waals surface area contributed by atoms with Gasteiger partial charge >= 0.3 is 0 Å². The van der Waals surface area contributed by atoms with Crippen molar-refractivity contribution in [3.63, 3.8) is 0 Å². The molecule has 2 aliphatic rings. The van der Waals surface area contributed by atoms with E-state index in [0.717, 1.165) is 37.5 Å². The summed E-state index contributed by atoms with van der Waals surface area (Å²) in [4.78, 5) is 2.39. The van der Waals surface area contributed by atoms with Crippen molar-refractivity contribution in [2.45, 2.75) is 52.0 Å². The number of nitrogens with zero attached hydrogens (tertiary/aromatic N) is 1. The maximum absolute atomic E-state index is 4.11. The van der Waals surface area contributed by atoms with Crippen LogP contribution >= 0.6 is 0 Å². The largest absolute Gasteiger partial charge is 0.384 e. The molecule has 2 heteroatoms. The Labute approximate surface area is 141 Å². The molecule has 0 radical (unpaired) electrons. The van der Waals surface area contributed by atoms with Gasteiger partial charge in [-0.2, -0.15) is 0 Å². The second-order valence-corrected chi connectivity index (χ2v) is 7.42. The highest BCUT2D eigenvalue weighted by molar-refractivity contribution is 5.62.